The molecular weight excluding hydrogens is 833 g/mol. The van der Waals surface area contributed by atoms with E-state index in [0.29, 0.717) is 0 Å². The van der Waals surface area contributed by atoms with Gasteiger partial charge >= 0.3 is 0 Å². The number of fused-ring (bicyclic) bond motifs is 6. The normalized spacial score (nSPS) is 12.5. The van der Waals surface area contributed by atoms with Gasteiger partial charge in [0.25, 0.3) is 0 Å². The summed E-state index contributed by atoms with van der Waals surface area (Å²) >= 11 is 0. The molecule has 2 heteroatoms. The molecule has 0 saturated heterocycles. The van der Waals surface area contributed by atoms with Crippen molar-refractivity contribution in [3.63, 3.8) is 0 Å². The first-order chi connectivity index (χ1) is 34.3. The van der Waals surface area contributed by atoms with Crippen molar-refractivity contribution in [2.24, 2.45) is 0 Å². The second-order valence-electron chi connectivity index (χ2n) is 18.0. The van der Waals surface area contributed by atoms with Gasteiger partial charge in [-0.2, -0.15) is 0 Å². The predicted molar refractivity (Wildman–Crippen MR) is 289 cm³/mol. The number of hydrogen-bond donors (Lipinski definition) is 0. The average Bonchev–Trinajstić information content (AvgIpc) is 3.93. The molecule has 0 N–H and O–H groups in total. The first-order valence-corrected chi connectivity index (χ1v) is 23.8. The summed E-state index contributed by atoms with van der Waals surface area (Å²) < 4.78 is 2.40. The van der Waals surface area contributed by atoms with Crippen molar-refractivity contribution in [1.29, 1.82) is 0 Å². The highest BCUT2D eigenvalue weighted by Gasteiger charge is 2.46. The lowest BCUT2D eigenvalue weighted by atomic mass is 9.67. The summed E-state index contributed by atoms with van der Waals surface area (Å²) in [5.41, 5.74) is 20.7. The number of anilines is 3. The minimum atomic E-state index is -0.564. The first kappa shape index (κ1) is 40.3. The Morgan fingerprint density at radius 2 is 0.768 bits per heavy atom. The number of aromatic nitrogens is 1. The van der Waals surface area contributed by atoms with Crippen molar-refractivity contribution in [2.75, 3.05) is 4.90 Å². The van der Waals surface area contributed by atoms with E-state index in [1.807, 2.05) is 0 Å². The van der Waals surface area contributed by atoms with E-state index in [0.717, 1.165) is 33.9 Å². The number of hydrogen-bond acceptors (Lipinski definition) is 1. The Morgan fingerprint density at radius 3 is 1.39 bits per heavy atom. The molecule has 0 saturated carbocycles. The third-order valence-corrected chi connectivity index (χ3v) is 14.3. The topological polar surface area (TPSA) is 8.17 Å². The van der Waals surface area contributed by atoms with Crippen LogP contribution in [0.4, 0.5) is 17.1 Å². The lowest BCUT2D eigenvalue weighted by molar-refractivity contribution is 0.768. The molecule has 0 aliphatic heterocycles. The fourth-order valence-electron chi connectivity index (χ4n) is 11.4. The van der Waals surface area contributed by atoms with Crippen LogP contribution < -0.4 is 4.90 Å². The van der Waals surface area contributed by atoms with Crippen molar-refractivity contribution in [1.82, 2.24) is 4.57 Å². The lowest BCUT2D eigenvalue weighted by Crippen LogP contribution is -2.28. The van der Waals surface area contributed by atoms with Crippen molar-refractivity contribution < 1.29 is 0 Å². The van der Waals surface area contributed by atoms with Crippen molar-refractivity contribution in [3.8, 4) is 50.2 Å². The molecule has 0 radical (unpaired) electrons. The molecule has 1 aromatic heterocycles. The maximum absolute atomic E-state index is 2.50. The molecule has 11 aromatic carbocycles. The van der Waals surface area contributed by atoms with Gasteiger partial charge in [-0.25, -0.2) is 0 Å². The van der Waals surface area contributed by atoms with Crippen molar-refractivity contribution in [2.45, 2.75) is 5.41 Å². The largest absolute Gasteiger partial charge is 0.310 e. The van der Waals surface area contributed by atoms with E-state index in [-0.39, 0.29) is 0 Å². The zero-order valence-corrected chi connectivity index (χ0v) is 38.0. The predicted octanol–water partition coefficient (Wildman–Crippen LogP) is 17.6. The number of rotatable bonds is 9. The zero-order chi connectivity index (χ0) is 45.7. The van der Waals surface area contributed by atoms with E-state index < -0.39 is 5.41 Å². The standard InChI is InChI=1S/C67H46N2/c1-5-22-47(23-6-1)54-30-13-14-34-60(54)66-55(48-24-7-2-8-25-48)35-21-39-65(66)68(51-40-42-52(43-41-51)69-63-37-19-16-32-58(63)59-33-17-20-38-64(59)69)53-44-45-57-56-31-15-18-36-61(56)67(62(57)46-53,49-26-9-3-10-27-49)50-28-11-4-12-29-50/h1-46H. The van der Waals surface area contributed by atoms with E-state index in [1.165, 1.54) is 77.4 Å². The molecule has 1 aliphatic rings. The minimum absolute atomic E-state index is 0.564. The van der Waals surface area contributed by atoms with Gasteiger partial charge in [0.1, 0.15) is 0 Å². The van der Waals surface area contributed by atoms with Crippen LogP contribution in [0.25, 0.3) is 72.0 Å². The van der Waals surface area contributed by atoms with Gasteiger partial charge in [-0.05, 0) is 116 Å². The van der Waals surface area contributed by atoms with Crippen molar-refractivity contribution >= 4 is 38.9 Å². The number of benzene rings is 11. The Morgan fingerprint density at radius 1 is 0.304 bits per heavy atom. The van der Waals surface area contributed by atoms with Gasteiger partial charge in [-0.1, -0.05) is 224 Å². The molecule has 0 atom stereocenters. The first-order valence-electron chi connectivity index (χ1n) is 23.8. The quantitative estimate of drug-likeness (QED) is 0.140. The van der Waals surface area contributed by atoms with Crippen LogP contribution in [0.5, 0.6) is 0 Å². The molecule has 0 amide bonds. The summed E-state index contributed by atoms with van der Waals surface area (Å²) in [6.07, 6.45) is 0. The van der Waals surface area contributed by atoms with E-state index in [4.69, 9.17) is 0 Å². The van der Waals surface area contributed by atoms with Crippen LogP contribution in [0, 0.1) is 0 Å². The Labute approximate surface area is 403 Å². The number of para-hydroxylation sites is 2. The summed E-state index contributed by atoms with van der Waals surface area (Å²) in [5.74, 6) is 0. The molecule has 13 rings (SSSR count). The Hall–Kier alpha value is -8.98. The van der Waals surface area contributed by atoms with Crippen LogP contribution >= 0.6 is 0 Å². The summed E-state index contributed by atoms with van der Waals surface area (Å²) in [5, 5.41) is 2.50. The molecule has 0 spiro atoms. The van der Waals surface area contributed by atoms with E-state index in [2.05, 4.69) is 289 Å². The van der Waals surface area contributed by atoms with Gasteiger partial charge in [-0.3, -0.25) is 0 Å². The fourth-order valence-corrected chi connectivity index (χ4v) is 11.4. The summed E-state index contributed by atoms with van der Waals surface area (Å²) in [7, 11) is 0. The van der Waals surface area contributed by atoms with E-state index >= 15 is 0 Å². The molecule has 12 aromatic rings. The molecule has 1 aliphatic carbocycles. The van der Waals surface area contributed by atoms with E-state index in [1.54, 1.807) is 0 Å². The fraction of sp³-hybridized carbons (Fsp3) is 0.0149. The minimum Gasteiger partial charge on any atom is -0.310 e. The molecule has 2 nitrogen and oxygen atoms in total. The maximum atomic E-state index is 2.50. The summed E-state index contributed by atoms with van der Waals surface area (Å²) in [6.45, 7) is 0. The van der Waals surface area contributed by atoms with Gasteiger partial charge in [0.05, 0.1) is 22.1 Å². The van der Waals surface area contributed by atoms with Gasteiger partial charge in [0, 0.05) is 33.4 Å². The van der Waals surface area contributed by atoms with Gasteiger partial charge in [-0.15, -0.1) is 0 Å². The SMILES string of the molecule is c1ccc(-c2ccccc2-c2c(-c3ccccc3)cccc2N(c2ccc(-n3c4ccccc4c4ccccc43)cc2)c2ccc3c(c2)C(c2ccccc2)(c2ccccc2)c2ccccc2-3)cc1. The Kier molecular flexibility index (Phi) is 9.77. The van der Waals surface area contributed by atoms with Crippen LogP contribution in [0.3, 0.4) is 0 Å². The summed E-state index contributed by atoms with van der Waals surface area (Å²) in [4.78, 5) is 2.50. The molecule has 69 heavy (non-hydrogen) atoms. The van der Waals surface area contributed by atoms with Crippen LogP contribution in [0.1, 0.15) is 22.3 Å². The molecule has 0 bridgehead atoms. The average molecular weight is 879 g/mol. The van der Waals surface area contributed by atoms with Crippen molar-refractivity contribution in [3.05, 3.63) is 301 Å². The lowest BCUT2D eigenvalue weighted by Gasteiger charge is -2.35. The highest BCUT2D eigenvalue weighted by Crippen LogP contribution is 2.58. The highest BCUT2D eigenvalue weighted by molar-refractivity contribution is 6.09. The molecule has 0 fully saturated rings. The Balaban J connectivity index is 1.10. The monoisotopic (exact) mass is 878 g/mol. The molecule has 324 valence electrons. The van der Waals surface area contributed by atoms with Gasteiger partial charge < -0.3 is 9.47 Å². The summed E-state index contributed by atoms with van der Waals surface area (Å²) in [6, 6.07) is 102. The third kappa shape index (κ3) is 6.48. The molecule has 0 unspecified atom stereocenters. The van der Waals surface area contributed by atoms with E-state index in [9.17, 15) is 0 Å². The van der Waals surface area contributed by atoms with Crippen LogP contribution in [0.15, 0.2) is 279 Å². The molecule has 1 heterocycles. The third-order valence-electron chi connectivity index (χ3n) is 14.3. The smallest absolute Gasteiger partial charge is 0.0714 e. The Bertz CT molecular complexity index is 3720. The van der Waals surface area contributed by atoms with Gasteiger partial charge in [0.2, 0.25) is 0 Å². The van der Waals surface area contributed by atoms with Crippen LogP contribution in [0.2, 0.25) is 0 Å². The number of nitrogens with zero attached hydrogens (tertiary/aromatic N) is 2. The zero-order valence-electron chi connectivity index (χ0n) is 38.0. The second kappa shape index (κ2) is 16.7. The van der Waals surface area contributed by atoms with Gasteiger partial charge in [0.15, 0.2) is 0 Å². The maximum Gasteiger partial charge on any atom is 0.0714 e. The second-order valence-corrected chi connectivity index (χ2v) is 18.0. The van der Waals surface area contributed by atoms with Crippen LogP contribution in [-0.4, -0.2) is 4.57 Å². The highest BCUT2D eigenvalue weighted by atomic mass is 15.1. The van der Waals surface area contributed by atoms with Crippen LogP contribution in [-0.2, 0) is 5.41 Å². The molecular formula is C67H46N2.